The number of nitrogen functional groups attached to an aromatic ring is 1. The van der Waals surface area contributed by atoms with Crippen molar-refractivity contribution in [2.45, 2.75) is 44.6 Å². The third kappa shape index (κ3) is 2.93. The summed E-state index contributed by atoms with van der Waals surface area (Å²) in [6.07, 6.45) is 7.09. The average molecular weight is 268 g/mol. The minimum Gasteiger partial charge on any atom is -0.382 e. The van der Waals surface area contributed by atoms with Crippen LogP contribution in [0.1, 0.15) is 49.4 Å². The van der Waals surface area contributed by atoms with E-state index in [1.807, 2.05) is 0 Å². The quantitative estimate of drug-likeness (QED) is 0.866. The molecule has 4 nitrogen and oxygen atoms in total. The molecule has 98 valence electrons. The lowest BCUT2D eigenvalue weighted by Gasteiger charge is -2.34. The fourth-order valence-corrected chi connectivity index (χ4v) is 2.54. The zero-order chi connectivity index (χ0) is 13.2. The van der Waals surface area contributed by atoms with E-state index in [0.29, 0.717) is 10.6 Å². The fraction of sp³-hybridized carbons (Fsp3) is 0.538. The molecule has 0 unspecified atom stereocenters. The van der Waals surface area contributed by atoms with Crippen LogP contribution in [-0.4, -0.2) is 16.4 Å². The molecule has 0 radical (unpaired) electrons. The summed E-state index contributed by atoms with van der Waals surface area (Å²) < 4.78 is 0. The molecule has 0 atom stereocenters. The lowest BCUT2D eigenvalue weighted by atomic mass is 9.83. The third-order valence-corrected chi connectivity index (χ3v) is 3.81. The third-order valence-electron chi connectivity index (χ3n) is 3.50. The molecule has 0 aliphatic heterocycles. The number of amides is 1. The Morgan fingerprint density at radius 3 is 2.72 bits per heavy atom. The van der Waals surface area contributed by atoms with Crippen LogP contribution >= 0.6 is 11.6 Å². The van der Waals surface area contributed by atoms with Crippen molar-refractivity contribution in [2.75, 3.05) is 5.73 Å². The number of halogens is 1. The molecule has 3 N–H and O–H groups in total. The normalized spacial score (nSPS) is 18.3. The summed E-state index contributed by atoms with van der Waals surface area (Å²) in [5, 5.41) is 3.40. The zero-order valence-electron chi connectivity index (χ0n) is 10.5. The van der Waals surface area contributed by atoms with Gasteiger partial charge in [-0.25, -0.2) is 4.98 Å². The summed E-state index contributed by atoms with van der Waals surface area (Å²) in [5.41, 5.74) is 5.88. The highest BCUT2D eigenvalue weighted by molar-refractivity contribution is 6.33. The first-order valence-corrected chi connectivity index (χ1v) is 6.61. The second-order valence-corrected chi connectivity index (χ2v) is 5.57. The van der Waals surface area contributed by atoms with Gasteiger partial charge in [-0.1, -0.05) is 30.9 Å². The molecule has 1 aromatic heterocycles. The molecule has 5 heteroatoms. The Kier molecular flexibility index (Phi) is 3.76. The number of nitrogens with two attached hydrogens (primary N) is 1. The second-order valence-electron chi connectivity index (χ2n) is 5.17. The van der Waals surface area contributed by atoms with Crippen molar-refractivity contribution in [1.82, 2.24) is 10.3 Å². The number of hydrogen-bond acceptors (Lipinski definition) is 3. The van der Waals surface area contributed by atoms with E-state index < -0.39 is 0 Å². The average Bonchev–Trinajstić information content (AvgIpc) is 2.33. The van der Waals surface area contributed by atoms with Gasteiger partial charge in [-0.3, -0.25) is 4.79 Å². The maximum atomic E-state index is 12.1. The van der Waals surface area contributed by atoms with E-state index >= 15 is 0 Å². The van der Waals surface area contributed by atoms with Gasteiger partial charge in [0.1, 0.15) is 5.82 Å². The minimum atomic E-state index is -0.131. The molecule has 0 spiro atoms. The monoisotopic (exact) mass is 267 g/mol. The van der Waals surface area contributed by atoms with Gasteiger partial charge in [0.2, 0.25) is 0 Å². The molecule has 1 fully saturated rings. The second kappa shape index (κ2) is 5.14. The number of rotatable bonds is 2. The number of anilines is 1. The lowest BCUT2D eigenvalue weighted by molar-refractivity contribution is 0.0882. The van der Waals surface area contributed by atoms with Crippen LogP contribution < -0.4 is 11.1 Å². The molecule has 18 heavy (non-hydrogen) atoms. The molecule has 0 saturated heterocycles. The molecule has 1 amide bonds. The molecule has 1 saturated carbocycles. The van der Waals surface area contributed by atoms with Crippen molar-refractivity contribution in [3.05, 3.63) is 22.8 Å². The predicted octanol–water partition coefficient (Wildman–Crippen LogP) is 2.77. The number of nitrogens with zero attached hydrogens (tertiary/aromatic N) is 1. The maximum absolute atomic E-state index is 12.1. The summed E-state index contributed by atoms with van der Waals surface area (Å²) in [6, 6.07) is 1.56. The maximum Gasteiger partial charge on any atom is 0.253 e. The topological polar surface area (TPSA) is 68.0 Å². The molecule has 1 aliphatic rings. The Bertz CT molecular complexity index is 456. The van der Waals surface area contributed by atoms with E-state index in [1.54, 1.807) is 6.07 Å². The van der Waals surface area contributed by atoms with Gasteiger partial charge in [0.15, 0.2) is 0 Å². The predicted molar refractivity (Wildman–Crippen MR) is 72.6 cm³/mol. The van der Waals surface area contributed by atoms with Crippen molar-refractivity contribution in [1.29, 1.82) is 0 Å². The van der Waals surface area contributed by atoms with Crippen molar-refractivity contribution in [3.8, 4) is 0 Å². The zero-order valence-corrected chi connectivity index (χ0v) is 11.3. The first-order valence-electron chi connectivity index (χ1n) is 6.24. The molecule has 1 aliphatic carbocycles. The summed E-state index contributed by atoms with van der Waals surface area (Å²) in [6.45, 7) is 2.09. The first kappa shape index (κ1) is 13.1. The van der Waals surface area contributed by atoms with Crippen LogP contribution in [0.15, 0.2) is 12.3 Å². The van der Waals surface area contributed by atoms with E-state index in [9.17, 15) is 4.79 Å². The van der Waals surface area contributed by atoms with Crippen molar-refractivity contribution >= 4 is 23.3 Å². The van der Waals surface area contributed by atoms with Crippen LogP contribution in [0, 0.1) is 0 Å². The van der Waals surface area contributed by atoms with Crippen molar-refractivity contribution < 1.29 is 4.79 Å². The smallest absolute Gasteiger partial charge is 0.253 e. The number of aromatic nitrogens is 1. The molecular weight excluding hydrogens is 250 g/mol. The molecular formula is C13H18ClN3O. The van der Waals surface area contributed by atoms with Gasteiger partial charge >= 0.3 is 0 Å². The Labute approximate surface area is 112 Å². The van der Waals surface area contributed by atoms with Gasteiger partial charge in [-0.05, 0) is 25.8 Å². The number of nitrogens with one attached hydrogen (secondary N) is 1. The molecule has 1 aromatic rings. The molecule has 1 heterocycles. The Morgan fingerprint density at radius 1 is 1.44 bits per heavy atom. The van der Waals surface area contributed by atoms with Gasteiger partial charge in [0.05, 0.1) is 10.6 Å². The van der Waals surface area contributed by atoms with Crippen LogP contribution in [0.3, 0.4) is 0 Å². The molecule has 0 aromatic carbocycles. The van der Waals surface area contributed by atoms with E-state index in [4.69, 9.17) is 17.3 Å². The van der Waals surface area contributed by atoms with Crippen LogP contribution in [0.25, 0.3) is 0 Å². The first-order chi connectivity index (χ1) is 8.50. The van der Waals surface area contributed by atoms with Crippen LogP contribution in [0.2, 0.25) is 5.02 Å². The highest BCUT2D eigenvalue weighted by Crippen LogP contribution is 2.28. The molecule has 2 rings (SSSR count). The summed E-state index contributed by atoms with van der Waals surface area (Å²) in [7, 11) is 0. The highest BCUT2D eigenvalue weighted by atomic mass is 35.5. The largest absolute Gasteiger partial charge is 0.382 e. The van der Waals surface area contributed by atoms with Gasteiger partial charge in [0.25, 0.3) is 5.91 Å². The van der Waals surface area contributed by atoms with E-state index in [1.165, 1.54) is 12.6 Å². The Hall–Kier alpha value is -1.29. The van der Waals surface area contributed by atoms with Crippen molar-refractivity contribution in [2.24, 2.45) is 0 Å². The molecule has 0 bridgehead atoms. The van der Waals surface area contributed by atoms with E-state index in [2.05, 4.69) is 17.2 Å². The van der Waals surface area contributed by atoms with Gasteiger partial charge in [-0.2, -0.15) is 0 Å². The number of carbonyl (C=O) groups is 1. The van der Waals surface area contributed by atoms with Gasteiger partial charge < -0.3 is 11.1 Å². The SMILES string of the molecule is CC1(NC(=O)c2cnc(N)c(Cl)c2)CCCCC1. The number of pyridine rings is 1. The lowest BCUT2D eigenvalue weighted by Crippen LogP contribution is -2.47. The van der Waals surface area contributed by atoms with Crippen LogP contribution in [0.5, 0.6) is 0 Å². The Morgan fingerprint density at radius 2 is 2.11 bits per heavy atom. The Balaban J connectivity index is 2.09. The standard InChI is InChI=1S/C13H18ClN3O/c1-13(5-3-2-4-6-13)17-12(18)9-7-10(14)11(15)16-8-9/h7-8H,2-6H2,1H3,(H2,15,16)(H,17,18). The number of carbonyl (C=O) groups excluding carboxylic acids is 1. The van der Waals surface area contributed by atoms with Gasteiger partial charge in [-0.15, -0.1) is 0 Å². The van der Waals surface area contributed by atoms with Gasteiger partial charge in [0, 0.05) is 11.7 Å². The van der Waals surface area contributed by atoms with Crippen LogP contribution in [0.4, 0.5) is 5.82 Å². The minimum absolute atomic E-state index is 0.108. The summed E-state index contributed by atoms with van der Waals surface area (Å²) >= 11 is 5.87. The van der Waals surface area contributed by atoms with E-state index in [0.717, 1.165) is 25.7 Å². The number of hydrogen-bond donors (Lipinski definition) is 2. The van der Waals surface area contributed by atoms with E-state index in [-0.39, 0.29) is 17.3 Å². The summed E-state index contributed by atoms with van der Waals surface area (Å²) in [5.74, 6) is 0.117. The van der Waals surface area contributed by atoms with Crippen LogP contribution in [-0.2, 0) is 0 Å². The fourth-order valence-electron chi connectivity index (χ4n) is 2.38. The summed E-state index contributed by atoms with van der Waals surface area (Å²) in [4.78, 5) is 16.0. The highest BCUT2D eigenvalue weighted by Gasteiger charge is 2.28. The van der Waals surface area contributed by atoms with Crippen molar-refractivity contribution in [3.63, 3.8) is 0 Å².